The lowest BCUT2D eigenvalue weighted by Gasteiger charge is -1.90. The summed E-state index contributed by atoms with van der Waals surface area (Å²) >= 11 is 0. The Hall–Kier alpha value is -2.37. The van der Waals surface area contributed by atoms with Crippen LogP contribution in [0.2, 0.25) is 0 Å². The van der Waals surface area contributed by atoms with Crippen LogP contribution in [0.5, 0.6) is 0 Å². The summed E-state index contributed by atoms with van der Waals surface area (Å²) < 4.78 is 4.43. The van der Waals surface area contributed by atoms with Crippen LogP contribution < -0.4 is 0 Å². The van der Waals surface area contributed by atoms with Crippen LogP contribution in [-0.4, -0.2) is 34.7 Å². The zero-order chi connectivity index (χ0) is 15.1. The Balaban J connectivity index is -0.000000190. The first-order valence-corrected chi connectivity index (χ1v) is 4.76. The van der Waals surface area contributed by atoms with Gasteiger partial charge in [-0.3, -0.25) is 0 Å². The maximum atomic E-state index is 10.1. The summed E-state index contributed by atoms with van der Waals surface area (Å²) in [6.45, 7) is 12.9. The van der Waals surface area contributed by atoms with E-state index in [2.05, 4.69) is 24.5 Å². The number of hydrogen-bond donors (Lipinski definition) is 2. The summed E-state index contributed by atoms with van der Waals surface area (Å²) in [7, 11) is 0. The molecule has 0 aliphatic rings. The Morgan fingerprint density at radius 3 is 1.56 bits per heavy atom. The fourth-order valence-corrected chi connectivity index (χ4v) is 0.201. The number of carboxylic acid groups (broad SMARTS) is 2. The van der Waals surface area contributed by atoms with E-state index in [0.29, 0.717) is 6.61 Å². The van der Waals surface area contributed by atoms with E-state index < -0.39 is 11.9 Å². The van der Waals surface area contributed by atoms with Gasteiger partial charge < -0.3 is 14.9 Å². The molecular weight excluding hydrogens is 240 g/mol. The largest absolute Gasteiger partial charge is 0.478 e. The van der Waals surface area contributed by atoms with Crippen molar-refractivity contribution in [2.75, 3.05) is 6.61 Å². The maximum Gasteiger partial charge on any atom is 0.330 e. The number of esters is 1. The molecule has 0 heterocycles. The second kappa shape index (κ2) is 14.6. The second-order valence-corrected chi connectivity index (χ2v) is 2.58. The molecule has 0 aromatic rings. The molecule has 18 heavy (non-hydrogen) atoms. The van der Waals surface area contributed by atoms with Gasteiger partial charge in [-0.15, -0.1) is 0 Å². The van der Waals surface area contributed by atoms with Crippen molar-refractivity contribution in [2.45, 2.75) is 13.8 Å². The molecule has 0 bridgehead atoms. The molecule has 0 aliphatic heterocycles. The van der Waals surface area contributed by atoms with Gasteiger partial charge in [0.2, 0.25) is 0 Å². The van der Waals surface area contributed by atoms with Crippen LogP contribution in [0.4, 0.5) is 0 Å². The van der Waals surface area contributed by atoms with Crippen LogP contribution in [0.3, 0.4) is 0 Å². The molecule has 0 aromatic carbocycles. The van der Waals surface area contributed by atoms with Crippen molar-refractivity contribution < 1.29 is 29.3 Å². The molecule has 0 saturated carbocycles. The van der Waals surface area contributed by atoms with E-state index in [0.717, 1.165) is 12.2 Å². The molecule has 0 unspecified atom stereocenters. The molecule has 0 fully saturated rings. The Kier molecular flexibility index (Phi) is 17.0. The molecule has 0 aliphatic carbocycles. The summed E-state index contributed by atoms with van der Waals surface area (Å²) in [5.41, 5.74) is 0.176. The zero-order valence-electron chi connectivity index (χ0n) is 10.5. The summed E-state index contributed by atoms with van der Waals surface area (Å²) in [6, 6.07) is 0. The normalized spacial score (nSPS) is 7.22. The summed E-state index contributed by atoms with van der Waals surface area (Å²) in [6.07, 6.45) is 1.98. The highest BCUT2D eigenvalue weighted by Gasteiger charge is 1.90. The Morgan fingerprint density at radius 1 is 1.17 bits per heavy atom. The third-order valence-electron chi connectivity index (χ3n) is 0.993. The molecule has 0 atom stereocenters. The summed E-state index contributed by atoms with van der Waals surface area (Å²) in [4.78, 5) is 28.9. The molecule has 102 valence electrons. The maximum absolute atomic E-state index is 10.1. The smallest absolute Gasteiger partial charge is 0.330 e. The lowest BCUT2D eigenvalue weighted by molar-refractivity contribution is -0.137. The predicted molar refractivity (Wildman–Crippen MR) is 67.1 cm³/mol. The van der Waals surface area contributed by atoms with Crippen molar-refractivity contribution in [3.63, 3.8) is 0 Å². The minimum atomic E-state index is -0.981. The van der Waals surface area contributed by atoms with E-state index in [1.54, 1.807) is 6.92 Å². The van der Waals surface area contributed by atoms with Crippen molar-refractivity contribution in [1.29, 1.82) is 0 Å². The van der Waals surface area contributed by atoms with E-state index in [4.69, 9.17) is 10.2 Å². The van der Waals surface area contributed by atoms with Gasteiger partial charge >= 0.3 is 17.9 Å². The number of ether oxygens (including phenoxy) is 1. The Bertz CT molecular complexity index is 305. The quantitative estimate of drug-likeness (QED) is 0.587. The Morgan fingerprint density at radius 2 is 1.50 bits per heavy atom. The van der Waals surface area contributed by atoms with Crippen molar-refractivity contribution in [3.05, 3.63) is 37.5 Å². The molecule has 6 heteroatoms. The first kappa shape index (κ1) is 21.0. The van der Waals surface area contributed by atoms with Crippen LogP contribution in [0.1, 0.15) is 13.8 Å². The molecule has 0 saturated heterocycles. The van der Waals surface area contributed by atoms with Gasteiger partial charge in [-0.25, -0.2) is 14.4 Å². The highest BCUT2D eigenvalue weighted by molar-refractivity contribution is 5.84. The third kappa shape index (κ3) is 29.2. The minimum Gasteiger partial charge on any atom is -0.478 e. The minimum absolute atomic E-state index is 0.176. The van der Waals surface area contributed by atoms with Crippen molar-refractivity contribution in [2.24, 2.45) is 0 Å². The highest BCUT2D eigenvalue weighted by atomic mass is 16.5. The number of carbonyl (C=O) groups excluding carboxylic acids is 1. The van der Waals surface area contributed by atoms with E-state index in [1.807, 2.05) is 0 Å². The van der Waals surface area contributed by atoms with Gasteiger partial charge in [0.1, 0.15) is 0 Å². The zero-order valence-corrected chi connectivity index (χ0v) is 10.5. The van der Waals surface area contributed by atoms with Crippen LogP contribution >= 0.6 is 0 Å². The molecule has 2 N–H and O–H groups in total. The highest BCUT2D eigenvalue weighted by Crippen LogP contribution is 1.81. The summed E-state index contributed by atoms with van der Waals surface area (Å²) in [5.74, 6) is -2.28. The van der Waals surface area contributed by atoms with E-state index in [1.165, 1.54) is 6.92 Å². The van der Waals surface area contributed by atoms with E-state index >= 15 is 0 Å². The molecule has 0 aromatic heterocycles. The average Bonchev–Trinajstić information content (AvgIpc) is 2.30. The molecule has 6 nitrogen and oxygen atoms in total. The summed E-state index contributed by atoms with van der Waals surface area (Å²) in [5, 5.41) is 15.5. The SMILES string of the molecule is C=C(C)C(=O)O.C=CC(=O)O.C=CC(=O)OCC. The number of rotatable bonds is 4. The topological polar surface area (TPSA) is 101 Å². The van der Waals surface area contributed by atoms with Gasteiger partial charge in [-0.2, -0.15) is 0 Å². The molecule has 0 rings (SSSR count). The lowest BCUT2D eigenvalue weighted by atomic mass is 10.4. The van der Waals surface area contributed by atoms with Gasteiger partial charge in [-0.1, -0.05) is 19.7 Å². The molecular formula is C12H18O6. The fourth-order valence-electron chi connectivity index (χ4n) is 0.201. The van der Waals surface area contributed by atoms with E-state index in [9.17, 15) is 14.4 Å². The standard InChI is InChI=1S/C5H8O2.C4H6O2.C3H4O2/c1-3-5(6)7-4-2;1-3(2)4(5)6;1-2-3(4)5/h3H,1,4H2,2H3;1H2,2H3,(H,5,6);2H,1H2,(H,4,5). The van der Waals surface area contributed by atoms with Gasteiger partial charge in [0.15, 0.2) is 0 Å². The second-order valence-electron chi connectivity index (χ2n) is 2.58. The predicted octanol–water partition coefficient (Wildman–Crippen LogP) is 1.64. The molecule has 0 radical (unpaired) electrons. The van der Waals surface area contributed by atoms with Crippen LogP contribution in [0.15, 0.2) is 37.5 Å². The third-order valence-corrected chi connectivity index (χ3v) is 0.993. The number of hydrogen-bond acceptors (Lipinski definition) is 4. The molecule has 0 spiro atoms. The number of aliphatic carboxylic acids is 2. The van der Waals surface area contributed by atoms with Crippen molar-refractivity contribution >= 4 is 17.9 Å². The van der Waals surface area contributed by atoms with Crippen molar-refractivity contribution in [1.82, 2.24) is 0 Å². The first-order valence-electron chi connectivity index (χ1n) is 4.76. The van der Waals surface area contributed by atoms with Crippen LogP contribution in [0, 0.1) is 0 Å². The average molecular weight is 258 g/mol. The van der Waals surface area contributed by atoms with Crippen molar-refractivity contribution in [3.8, 4) is 0 Å². The molecule has 0 amide bonds. The van der Waals surface area contributed by atoms with Gasteiger partial charge in [-0.05, 0) is 13.8 Å². The van der Waals surface area contributed by atoms with Gasteiger partial charge in [0.25, 0.3) is 0 Å². The first-order chi connectivity index (χ1) is 8.22. The van der Waals surface area contributed by atoms with E-state index in [-0.39, 0.29) is 11.5 Å². The number of carbonyl (C=O) groups is 3. The van der Waals surface area contributed by atoms with Crippen LogP contribution in [-0.2, 0) is 19.1 Å². The van der Waals surface area contributed by atoms with Gasteiger partial charge in [0, 0.05) is 17.7 Å². The number of carboxylic acids is 2. The van der Waals surface area contributed by atoms with Gasteiger partial charge in [0.05, 0.1) is 6.61 Å². The lowest BCUT2D eigenvalue weighted by Crippen LogP contribution is -1.97. The monoisotopic (exact) mass is 258 g/mol. The van der Waals surface area contributed by atoms with Crippen LogP contribution in [0.25, 0.3) is 0 Å². The Labute approximate surface area is 106 Å². The fraction of sp³-hybridized carbons (Fsp3) is 0.250.